The Labute approximate surface area is 83.5 Å². The van der Waals surface area contributed by atoms with Gasteiger partial charge in [0.15, 0.2) is 0 Å². The highest BCUT2D eigenvalue weighted by Gasteiger charge is 2.12. The van der Waals surface area contributed by atoms with Gasteiger partial charge >= 0.3 is 5.97 Å². The summed E-state index contributed by atoms with van der Waals surface area (Å²) in [6.07, 6.45) is 2.73. The standard InChI is InChI=1S/C10H16N2O2/c1-3-5-8-7-9(10(13)14)12(11-8)6-4-2/h7H,3-6H2,1-2H3,(H,13,14). The topological polar surface area (TPSA) is 55.1 Å². The quantitative estimate of drug-likeness (QED) is 0.783. The van der Waals surface area contributed by atoms with E-state index in [0.29, 0.717) is 12.2 Å². The minimum absolute atomic E-state index is 0.301. The molecule has 0 unspecified atom stereocenters. The van der Waals surface area contributed by atoms with Crippen LogP contribution in [-0.2, 0) is 13.0 Å². The second-order valence-electron chi connectivity index (χ2n) is 3.30. The van der Waals surface area contributed by atoms with E-state index in [-0.39, 0.29) is 0 Å². The molecule has 0 aliphatic carbocycles. The second kappa shape index (κ2) is 4.79. The van der Waals surface area contributed by atoms with Crippen LogP contribution in [0.15, 0.2) is 6.07 Å². The lowest BCUT2D eigenvalue weighted by Crippen LogP contribution is -2.09. The van der Waals surface area contributed by atoms with Gasteiger partial charge in [0.05, 0.1) is 5.69 Å². The minimum Gasteiger partial charge on any atom is -0.477 e. The zero-order valence-electron chi connectivity index (χ0n) is 8.66. The molecule has 0 radical (unpaired) electrons. The molecule has 0 atom stereocenters. The molecular weight excluding hydrogens is 180 g/mol. The highest BCUT2D eigenvalue weighted by Crippen LogP contribution is 2.07. The Morgan fingerprint density at radius 1 is 1.50 bits per heavy atom. The van der Waals surface area contributed by atoms with E-state index in [0.717, 1.165) is 25.0 Å². The maximum atomic E-state index is 10.9. The first kappa shape index (κ1) is 10.8. The molecule has 0 aliphatic heterocycles. The number of aromatic carboxylic acids is 1. The number of carbonyl (C=O) groups is 1. The Hall–Kier alpha value is -1.32. The van der Waals surface area contributed by atoms with E-state index in [1.807, 2.05) is 6.92 Å². The summed E-state index contributed by atoms with van der Waals surface area (Å²) >= 11 is 0. The average Bonchev–Trinajstić information content (AvgIpc) is 2.49. The summed E-state index contributed by atoms with van der Waals surface area (Å²) in [6.45, 7) is 4.73. The number of carboxylic acid groups (broad SMARTS) is 1. The van der Waals surface area contributed by atoms with Crippen molar-refractivity contribution in [1.82, 2.24) is 9.78 Å². The van der Waals surface area contributed by atoms with Gasteiger partial charge in [-0.3, -0.25) is 4.68 Å². The Morgan fingerprint density at radius 3 is 2.71 bits per heavy atom. The first-order valence-electron chi connectivity index (χ1n) is 4.99. The summed E-state index contributed by atoms with van der Waals surface area (Å²) < 4.78 is 1.58. The van der Waals surface area contributed by atoms with Crippen molar-refractivity contribution >= 4 is 5.97 Å². The van der Waals surface area contributed by atoms with Crippen molar-refractivity contribution in [2.45, 2.75) is 39.7 Å². The van der Waals surface area contributed by atoms with Crippen molar-refractivity contribution in [3.63, 3.8) is 0 Å². The first-order valence-corrected chi connectivity index (χ1v) is 4.99. The Bertz CT molecular complexity index is 318. The molecule has 0 saturated heterocycles. The summed E-state index contributed by atoms with van der Waals surface area (Å²) in [4.78, 5) is 10.9. The number of carboxylic acids is 1. The monoisotopic (exact) mass is 196 g/mol. The number of nitrogens with zero attached hydrogens (tertiary/aromatic N) is 2. The average molecular weight is 196 g/mol. The van der Waals surface area contributed by atoms with Gasteiger partial charge in [-0.15, -0.1) is 0 Å². The van der Waals surface area contributed by atoms with Gasteiger partial charge in [-0.2, -0.15) is 5.10 Å². The summed E-state index contributed by atoms with van der Waals surface area (Å²) in [7, 11) is 0. The first-order chi connectivity index (χ1) is 6.69. The summed E-state index contributed by atoms with van der Waals surface area (Å²) in [5, 5.41) is 13.2. The second-order valence-corrected chi connectivity index (χ2v) is 3.30. The lowest BCUT2D eigenvalue weighted by molar-refractivity contribution is 0.0683. The fourth-order valence-corrected chi connectivity index (χ4v) is 1.40. The van der Waals surface area contributed by atoms with Crippen LogP contribution in [0.25, 0.3) is 0 Å². The Morgan fingerprint density at radius 2 is 2.21 bits per heavy atom. The van der Waals surface area contributed by atoms with Crippen molar-refractivity contribution in [3.8, 4) is 0 Å². The molecule has 14 heavy (non-hydrogen) atoms. The third-order valence-corrected chi connectivity index (χ3v) is 1.99. The van der Waals surface area contributed by atoms with Crippen molar-refractivity contribution in [1.29, 1.82) is 0 Å². The van der Waals surface area contributed by atoms with Crippen LogP contribution < -0.4 is 0 Å². The lowest BCUT2D eigenvalue weighted by Gasteiger charge is -2.00. The molecule has 0 bridgehead atoms. The van der Waals surface area contributed by atoms with Gasteiger partial charge in [0, 0.05) is 6.54 Å². The highest BCUT2D eigenvalue weighted by molar-refractivity contribution is 5.85. The van der Waals surface area contributed by atoms with Crippen molar-refractivity contribution in [2.24, 2.45) is 0 Å². The number of hydrogen-bond donors (Lipinski definition) is 1. The van der Waals surface area contributed by atoms with Gasteiger partial charge in [0.2, 0.25) is 0 Å². The van der Waals surface area contributed by atoms with Crippen molar-refractivity contribution < 1.29 is 9.90 Å². The summed E-state index contributed by atoms with van der Waals surface area (Å²) in [6, 6.07) is 1.67. The van der Waals surface area contributed by atoms with E-state index < -0.39 is 5.97 Å². The predicted molar refractivity (Wildman–Crippen MR) is 53.5 cm³/mol. The van der Waals surface area contributed by atoms with Gasteiger partial charge in [0.25, 0.3) is 0 Å². The van der Waals surface area contributed by atoms with E-state index in [4.69, 9.17) is 5.11 Å². The van der Waals surface area contributed by atoms with Gasteiger partial charge in [0.1, 0.15) is 5.69 Å². The van der Waals surface area contributed by atoms with Crippen molar-refractivity contribution in [2.75, 3.05) is 0 Å². The van der Waals surface area contributed by atoms with Crippen LogP contribution in [0.2, 0.25) is 0 Å². The van der Waals surface area contributed by atoms with Crippen molar-refractivity contribution in [3.05, 3.63) is 17.5 Å². The van der Waals surface area contributed by atoms with Crippen LogP contribution in [0.1, 0.15) is 42.9 Å². The number of aryl methyl sites for hydroxylation is 2. The number of rotatable bonds is 5. The van der Waals surface area contributed by atoms with E-state index >= 15 is 0 Å². The predicted octanol–water partition coefficient (Wildman–Crippen LogP) is 1.94. The lowest BCUT2D eigenvalue weighted by atomic mass is 10.2. The van der Waals surface area contributed by atoms with Gasteiger partial charge < -0.3 is 5.11 Å². The smallest absolute Gasteiger partial charge is 0.354 e. The molecule has 1 aromatic heterocycles. The molecule has 0 amide bonds. The molecule has 1 rings (SSSR count). The largest absolute Gasteiger partial charge is 0.477 e. The normalized spacial score (nSPS) is 10.4. The molecule has 0 saturated carbocycles. The Balaban J connectivity index is 2.93. The van der Waals surface area contributed by atoms with Crippen LogP contribution in [-0.4, -0.2) is 20.9 Å². The maximum absolute atomic E-state index is 10.9. The maximum Gasteiger partial charge on any atom is 0.354 e. The molecule has 0 spiro atoms. The molecule has 1 heterocycles. The molecular formula is C10H16N2O2. The van der Waals surface area contributed by atoms with E-state index in [9.17, 15) is 4.79 Å². The van der Waals surface area contributed by atoms with E-state index in [2.05, 4.69) is 12.0 Å². The van der Waals surface area contributed by atoms with E-state index in [1.54, 1.807) is 10.7 Å². The molecule has 0 aromatic carbocycles. The summed E-state index contributed by atoms with van der Waals surface area (Å²) in [5.74, 6) is -0.895. The van der Waals surface area contributed by atoms with Crippen LogP contribution in [0, 0.1) is 0 Å². The van der Waals surface area contributed by atoms with E-state index in [1.165, 1.54) is 0 Å². The molecule has 4 nitrogen and oxygen atoms in total. The van der Waals surface area contributed by atoms with Crippen LogP contribution in [0.5, 0.6) is 0 Å². The molecule has 1 aromatic rings. The SMILES string of the molecule is CCCc1cc(C(=O)O)n(CCC)n1. The zero-order chi connectivity index (χ0) is 10.6. The summed E-state index contributed by atoms with van der Waals surface area (Å²) in [5.41, 5.74) is 1.17. The van der Waals surface area contributed by atoms with Crippen LogP contribution >= 0.6 is 0 Å². The number of aromatic nitrogens is 2. The Kier molecular flexibility index (Phi) is 3.68. The molecule has 0 fully saturated rings. The fourth-order valence-electron chi connectivity index (χ4n) is 1.40. The minimum atomic E-state index is -0.895. The zero-order valence-corrected chi connectivity index (χ0v) is 8.66. The fraction of sp³-hybridized carbons (Fsp3) is 0.600. The van der Waals surface area contributed by atoms with Gasteiger partial charge in [-0.25, -0.2) is 4.79 Å². The van der Waals surface area contributed by atoms with Crippen LogP contribution in [0.4, 0.5) is 0 Å². The molecule has 78 valence electrons. The third-order valence-electron chi connectivity index (χ3n) is 1.99. The molecule has 0 aliphatic rings. The number of hydrogen-bond acceptors (Lipinski definition) is 2. The molecule has 1 N–H and O–H groups in total. The third kappa shape index (κ3) is 2.34. The van der Waals surface area contributed by atoms with Gasteiger partial charge in [-0.05, 0) is 18.9 Å². The van der Waals surface area contributed by atoms with Gasteiger partial charge in [-0.1, -0.05) is 20.3 Å². The van der Waals surface area contributed by atoms with Crippen LogP contribution in [0.3, 0.4) is 0 Å². The highest BCUT2D eigenvalue weighted by atomic mass is 16.4. The molecule has 4 heteroatoms.